The highest BCUT2D eigenvalue weighted by molar-refractivity contribution is 4.76. The molecule has 1 nitrogen and oxygen atoms in total. The molecule has 0 saturated heterocycles. The van der Waals surface area contributed by atoms with Gasteiger partial charge in [0.25, 0.3) is 0 Å². The zero-order valence-electron chi connectivity index (χ0n) is 16.6. The average molecular weight is 335 g/mol. The SMILES string of the molecule is C=CC[N+](CC=C)(CC=C)CCCCCCCCCCCCCC. The van der Waals surface area contributed by atoms with Crippen LogP contribution in [0.25, 0.3) is 0 Å². The summed E-state index contributed by atoms with van der Waals surface area (Å²) in [6.07, 6.45) is 23.1. The Balaban J connectivity index is 3.66. The van der Waals surface area contributed by atoms with Crippen molar-refractivity contribution in [1.29, 1.82) is 0 Å². The molecule has 0 aromatic rings. The standard InChI is InChI=1S/C23H44N/c1-5-9-10-11-12-13-14-15-16-17-18-19-23-24(20-6-2,21-7-3)22-8-4/h6-8H,2-5,9-23H2,1H3/q+1. The molecule has 24 heavy (non-hydrogen) atoms. The van der Waals surface area contributed by atoms with E-state index in [1.165, 1.54) is 83.6 Å². The van der Waals surface area contributed by atoms with E-state index in [2.05, 4.69) is 26.7 Å². The van der Waals surface area contributed by atoms with E-state index in [-0.39, 0.29) is 0 Å². The number of hydrogen-bond donors (Lipinski definition) is 0. The van der Waals surface area contributed by atoms with Gasteiger partial charge >= 0.3 is 0 Å². The van der Waals surface area contributed by atoms with Gasteiger partial charge in [-0.25, -0.2) is 0 Å². The molecule has 0 fully saturated rings. The fourth-order valence-electron chi connectivity index (χ4n) is 3.61. The molecule has 0 unspecified atom stereocenters. The second-order valence-electron chi connectivity index (χ2n) is 7.37. The van der Waals surface area contributed by atoms with Crippen molar-refractivity contribution in [2.24, 2.45) is 0 Å². The van der Waals surface area contributed by atoms with Gasteiger partial charge in [0, 0.05) is 0 Å². The summed E-state index contributed by atoms with van der Waals surface area (Å²) in [6.45, 7) is 18.4. The van der Waals surface area contributed by atoms with Crippen molar-refractivity contribution >= 4 is 0 Å². The molecule has 0 aromatic carbocycles. The third-order valence-electron chi connectivity index (χ3n) is 5.04. The maximum atomic E-state index is 3.94. The lowest BCUT2D eigenvalue weighted by atomic mass is 10.0. The molecule has 0 aliphatic carbocycles. The number of unbranched alkanes of at least 4 members (excludes halogenated alkanes) is 11. The largest absolute Gasteiger partial charge is 0.314 e. The van der Waals surface area contributed by atoms with Crippen LogP contribution >= 0.6 is 0 Å². The van der Waals surface area contributed by atoms with Gasteiger partial charge < -0.3 is 4.48 Å². The third kappa shape index (κ3) is 12.6. The van der Waals surface area contributed by atoms with Crippen LogP contribution in [0.15, 0.2) is 38.0 Å². The van der Waals surface area contributed by atoms with Gasteiger partial charge in [0.15, 0.2) is 0 Å². The van der Waals surface area contributed by atoms with E-state index in [0.29, 0.717) is 0 Å². The number of hydrogen-bond acceptors (Lipinski definition) is 0. The normalized spacial score (nSPS) is 11.4. The van der Waals surface area contributed by atoms with Crippen LogP contribution in [0.3, 0.4) is 0 Å². The Labute approximate surface area is 153 Å². The van der Waals surface area contributed by atoms with Crippen molar-refractivity contribution in [3.05, 3.63) is 38.0 Å². The highest BCUT2D eigenvalue weighted by Crippen LogP contribution is 2.15. The van der Waals surface area contributed by atoms with Gasteiger partial charge in [0.2, 0.25) is 0 Å². The minimum absolute atomic E-state index is 1.02. The van der Waals surface area contributed by atoms with Crippen molar-refractivity contribution in [3.63, 3.8) is 0 Å². The fourth-order valence-corrected chi connectivity index (χ4v) is 3.61. The molecule has 0 radical (unpaired) electrons. The van der Waals surface area contributed by atoms with Gasteiger partial charge in [-0.3, -0.25) is 0 Å². The van der Waals surface area contributed by atoms with E-state index in [4.69, 9.17) is 0 Å². The number of rotatable bonds is 19. The van der Waals surface area contributed by atoms with Gasteiger partial charge in [0.05, 0.1) is 26.2 Å². The van der Waals surface area contributed by atoms with E-state index in [1.54, 1.807) is 0 Å². The Bertz CT molecular complexity index is 279. The van der Waals surface area contributed by atoms with Crippen LogP contribution in [0.5, 0.6) is 0 Å². The Morgan fingerprint density at radius 1 is 0.542 bits per heavy atom. The quantitative estimate of drug-likeness (QED) is 0.135. The lowest BCUT2D eigenvalue weighted by Crippen LogP contribution is -2.49. The Kier molecular flexibility index (Phi) is 16.4. The van der Waals surface area contributed by atoms with Gasteiger partial charge in [0.1, 0.15) is 0 Å². The van der Waals surface area contributed by atoms with Crippen molar-refractivity contribution < 1.29 is 4.48 Å². The van der Waals surface area contributed by atoms with Crippen molar-refractivity contribution in [3.8, 4) is 0 Å². The van der Waals surface area contributed by atoms with Crippen LogP contribution in [-0.2, 0) is 0 Å². The molecule has 0 heterocycles. The first-order chi connectivity index (χ1) is 11.7. The average Bonchev–Trinajstić information content (AvgIpc) is 2.56. The summed E-state index contributed by atoms with van der Waals surface area (Å²) in [7, 11) is 0. The highest BCUT2D eigenvalue weighted by atomic mass is 15.3. The molecule has 0 aromatic heterocycles. The van der Waals surface area contributed by atoms with Crippen LogP contribution in [0.2, 0.25) is 0 Å². The maximum Gasteiger partial charge on any atom is 0.0975 e. The predicted molar refractivity (Wildman–Crippen MR) is 111 cm³/mol. The molecular weight excluding hydrogens is 290 g/mol. The summed E-state index contributed by atoms with van der Waals surface area (Å²) in [5.74, 6) is 0. The van der Waals surface area contributed by atoms with Crippen LogP contribution in [-0.4, -0.2) is 30.7 Å². The van der Waals surface area contributed by atoms with Crippen molar-refractivity contribution in [1.82, 2.24) is 0 Å². The summed E-state index contributed by atoms with van der Waals surface area (Å²) in [5.41, 5.74) is 0. The van der Waals surface area contributed by atoms with Crippen molar-refractivity contribution in [2.75, 3.05) is 26.2 Å². The second kappa shape index (κ2) is 17.0. The first kappa shape index (κ1) is 23.2. The van der Waals surface area contributed by atoms with Gasteiger partial charge in [-0.05, 0) is 31.1 Å². The zero-order chi connectivity index (χ0) is 17.9. The molecule has 0 saturated carbocycles. The predicted octanol–water partition coefficient (Wildman–Crippen LogP) is 7.06. The number of quaternary nitrogens is 1. The van der Waals surface area contributed by atoms with Crippen molar-refractivity contribution in [2.45, 2.75) is 84.0 Å². The monoisotopic (exact) mass is 334 g/mol. The summed E-state index contributed by atoms with van der Waals surface area (Å²) >= 11 is 0. The smallest absolute Gasteiger partial charge is 0.0975 e. The molecule has 0 aliphatic rings. The summed E-state index contributed by atoms with van der Waals surface area (Å²) in [5, 5.41) is 0. The van der Waals surface area contributed by atoms with E-state index in [1.807, 2.05) is 18.2 Å². The summed E-state index contributed by atoms with van der Waals surface area (Å²) < 4.78 is 1.05. The molecule has 0 amide bonds. The first-order valence-corrected chi connectivity index (χ1v) is 10.4. The Morgan fingerprint density at radius 3 is 1.21 bits per heavy atom. The van der Waals surface area contributed by atoms with E-state index < -0.39 is 0 Å². The highest BCUT2D eigenvalue weighted by Gasteiger charge is 2.21. The second-order valence-corrected chi connectivity index (χ2v) is 7.37. The maximum absolute atomic E-state index is 3.94. The Hall–Kier alpha value is -0.820. The molecule has 140 valence electrons. The summed E-state index contributed by atoms with van der Waals surface area (Å²) in [4.78, 5) is 0. The minimum atomic E-state index is 1.02. The topological polar surface area (TPSA) is 0 Å². The third-order valence-corrected chi connectivity index (χ3v) is 5.04. The molecule has 1 heteroatoms. The van der Waals surface area contributed by atoms with E-state index in [9.17, 15) is 0 Å². The lowest BCUT2D eigenvalue weighted by Gasteiger charge is -2.36. The molecule has 0 spiro atoms. The summed E-state index contributed by atoms with van der Waals surface area (Å²) in [6, 6.07) is 0. The van der Waals surface area contributed by atoms with E-state index in [0.717, 1.165) is 24.1 Å². The molecule has 0 bridgehead atoms. The molecular formula is C23H44N+. The Morgan fingerprint density at radius 2 is 0.875 bits per heavy atom. The zero-order valence-corrected chi connectivity index (χ0v) is 16.6. The van der Waals surface area contributed by atoms with Gasteiger partial charge in [-0.2, -0.15) is 0 Å². The van der Waals surface area contributed by atoms with Crippen LogP contribution < -0.4 is 0 Å². The number of nitrogens with zero attached hydrogens (tertiary/aromatic N) is 1. The lowest BCUT2D eigenvalue weighted by molar-refractivity contribution is -0.912. The van der Waals surface area contributed by atoms with Gasteiger partial charge in [-0.15, -0.1) is 0 Å². The molecule has 0 atom stereocenters. The van der Waals surface area contributed by atoms with Crippen LogP contribution in [0.4, 0.5) is 0 Å². The van der Waals surface area contributed by atoms with Crippen LogP contribution in [0.1, 0.15) is 84.0 Å². The molecule has 0 rings (SSSR count). The minimum Gasteiger partial charge on any atom is -0.314 e. The first-order valence-electron chi connectivity index (χ1n) is 10.4. The fraction of sp³-hybridized carbons (Fsp3) is 0.739. The van der Waals surface area contributed by atoms with E-state index >= 15 is 0 Å². The van der Waals surface area contributed by atoms with Gasteiger partial charge in [-0.1, -0.05) is 90.9 Å². The molecule has 0 aliphatic heterocycles. The van der Waals surface area contributed by atoms with Crippen LogP contribution in [0, 0.1) is 0 Å². The molecule has 0 N–H and O–H groups in total.